The number of nitrogens with zero attached hydrogens (tertiary/aromatic N) is 5. The van der Waals surface area contributed by atoms with E-state index in [-0.39, 0.29) is 60.3 Å². The summed E-state index contributed by atoms with van der Waals surface area (Å²) in [6, 6.07) is 0.455. The number of β-lactam (4-membered cyclic amide) rings is 1. The molecule has 0 spiro atoms. The van der Waals surface area contributed by atoms with Gasteiger partial charge in [0, 0.05) is 45.0 Å². The fourth-order valence-electron chi connectivity index (χ4n) is 5.71. The second-order valence-electron chi connectivity index (χ2n) is 11.6. The van der Waals surface area contributed by atoms with Gasteiger partial charge in [-0.2, -0.15) is 0 Å². The lowest BCUT2D eigenvalue weighted by Gasteiger charge is -2.56. The monoisotopic (exact) mass is 804 g/mol. The number of aliphatic carboxylic acids is 1. The van der Waals surface area contributed by atoms with Crippen molar-refractivity contribution in [2.75, 3.05) is 31.1 Å². The van der Waals surface area contributed by atoms with E-state index < -0.39 is 64.6 Å². The molecule has 286 valence electrons. The SMILES string of the molecule is CCN1CCN(C(=O)NC(C(=O)N[C@]2(NC=O)C(=O)N3C(C(=O)O)=C(CSc4nnc(C)s4)CS[C@@H]32)c2ccc(OC(C)=O)c(OC(C)=O)c2)C(=O)C1=O. The van der Waals surface area contributed by atoms with Crippen LogP contribution in [0.2, 0.25) is 0 Å². The number of imide groups is 1. The molecule has 23 heteroatoms. The second kappa shape index (κ2) is 16.2. The van der Waals surface area contributed by atoms with Crippen molar-refractivity contribution in [2.24, 2.45) is 0 Å². The number of hydrogen-bond donors (Lipinski definition) is 4. The minimum absolute atomic E-state index is 0.00886. The number of amides is 7. The van der Waals surface area contributed by atoms with E-state index >= 15 is 0 Å². The highest BCUT2D eigenvalue weighted by atomic mass is 32.2. The first-order valence-corrected chi connectivity index (χ1v) is 18.8. The fourth-order valence-corrected chi connectivity index (χ4v) is 9.09. The van der Waals surface area contributed by atoms with E-state index in [1.807, 2.05) is 0 Å². The third-order valence-electron chi connectivity index (χ3n) is 8.11. The minimum Gasteiger partial charge on any atom is -0.477 e. The van der Waals surface area contributed by atoms with Gasteiger partial charge in [0.2, 0.25) is 18.0 Å². The number of aromatic nitrogens is 2. The van der Waals surface area contributed by atoms with E-state index in [9.17, 15) is 48.3 Å². The number of likely N-dealkylation sites (N-methyl/N-ethyl adjacent to an activating group) is 1. The summed E-state index contributed by atoms with van der Waals surface area (Å²) >= 11 is 3.59. The number of nitrogens with one attached hydrogen (secondary N) is 3. The van der Waals surface area contributed by atoms with Crippen LogP contribution < -0.4 is 25.4 Å². The quantitative estimate of drug-likeness (QED) is 0.0387. The molecule has 1 aromatic heterocycles. The molecule has 7 amide bonds. The van der Waals surface area contributed by atoms with E-state index in [0.717, 1.165) is 42.6 Å². The Morgan fingerprint density at radius 3 is 2.39 bits per heavy atom. The molecule has 0 bridgehead atoms. The summed E-state index contributed by atoms with van der Waals surface area (Å²) in [6.45, 7) is 5.54. The number of urea groups is 1. The van der Waals surface area contributed by atoms with Gasteiger partial charge in [0.15, 0.2) is 15.8 Å². The van der Waals surface area contributed by atoms with Crippen LogP contribution in [0.4, 0.5) is 4.79 Å². The zero-order valence-electron chi connectivity index (χ0n) is 28.9. The van der Waals surface area contributed by atoms with Crippen LogP contribution in [-0.4, -0.2) is 126 Å². The number of piperazine rings is 1. The van der Waals surface area contributed by atoms with Gasteiger partial charge in [-0.1, -0.05) is 29.2 Å². The fraction of sp³-hybridized carbons (Fsp3) is 0.387. The van der Waals surface area contributed by atoms with Crippen molar-refractivity contribution in [3.63, 3.8) is 0 Å². The molecule has 2 aromatic rings. The summed E-state index contributed by atoms with van der Waals surface area (Å²) in [5.74, 6) is -7.69. The average Bonchev–Trinajstić information content (AvgIpc) is 3.54. The predicted octanol–water partition coefficient (Wildman–Crippen LogP) is -0.257. The molecule has 3 aliphatic rings. The Hall–Kier alpha value is -5.55. The maximum Gasteiger partial charge on any atom is 0.352 e. The number of carboxylic acids is 1. The number of ether oxygens (including phenoxy) is 2. The molecule has 2 fully saturated rings. The highest BCUT2D eigenvalue weighted by molar-refractivity contribution is 8.01. The number of benzene rings is 1. The number of aryl methyl sites for hydroxylation is 1. The van der Waals surface area contributed by atoms with E-state index in [1.54, 1.807) is 13.8 Å². The van der Waals surface area contributed by atoms with Crippen LogP contribution in [0.15, 0.2) is 33.8 Å². The van der Waals surface area contributed by atoms with Gasteiger partial charge in [0.25, 0.3) is 5.91 Å². The predicted molar refractivity (Wildman–Crippen MR) is 187 cm³/mol. The zero-order valence-corrected chi connectivity index (χ0v) is 31.3. The molecule has 3 atom stereocenters. The van der Waals surface area contributed by atoms with Crippen molar-refractivity contribution in [1.82, 2.24) is 40.8 Å². The molecule has 4 heterocycles. The Kier molecular flexibility index (Phi) is 11.9. The minimum atomic E-state index is -2.23. The van der Waals surface area contributed by atoms with Crippen LogP contribution in [0, 0.1) is 6.92 Å². The summed E-state index contributed by atoms with van der Waals surface area (Å²) in [5, 5.41) is 24.8. The lowest BCUT2D eigenvalue weighted by molar-refractivity contribution is -0.163. The Balaban J connectivity index is 1.49. The largest absolute Gasteiger partial charge is 0.477 e. The van der Waals surface area contributed by atoms with Crippen LogP contribution in [0.25, 0.3) is 0 Å². The van der Waals surface area contributed by atoms with Crippen molar-refractivity contribution in [2.45, 2.75) is 49.1 Å². The number of rotatable bonds is 13. The van der Waals surface area contributed by atoms with Gasteiger partial charge >= 0.3 is 35.8 Å². The van der Waals surface area contributed by atoms with Crippen molar-refractivity contribution in [3.05, 3.63) is 40.0 Å². The van der Waals surface area contributed by atoms with Crippen molar-refractivity contribution < 1.29 is 57.7 Å². The maximum atomic E-state index is 14.3. The van der Waals surface area contributed by atoms with Gasteiger partial charge in [-0.05, 0) is 37.1 Å². The van der Waals surface area contributed by atoms with Gasteiger partial charge in [0.1, 0.15) is 22.1 Å². The highest BCUT2D eigenvalue weighted by Gasteiger charge is 2.66. The van der Waals surface area contributed by atoms with Crippen LogP contribution >= 0.6 is 34.9 Å². The molecule has 20 nitrogen and oxygen atoms in total. The molecule has 0 saturated carbocycles. The third kappa shape index (κ3) is 7.87. The van der Waals surface area contributed by atoms with Gasteiger partial charge in [-0.25, -0.2) is 9.59 Å². The second-order valence-corrected chi connectivity index (χ2v) is 15.1. The molecule has 1 aromatic carbocycles. The standard InChI is InChI=1S/C31H32N8O12S3/c1-5-37-8-9-38(25(45)24(37)44)29(49)33-21(17-6-7-19(50-15(3)41)20(10-17)51-16(4)42)23(43)34-31(32-13-40)27(48)39-22(26(46)47)18(11-52-28(31)39)12-53-30-36-35-14(2)54-30/h6-7,10,13,21,28H,5,8-9,11-12H2,1-4H3,(H,32,40)(H,33,49)(H,34,43)(H,46,47)/t21?,28-,31-/m1/s1. The van der Waals surface area contributed by atoms with E-state index in [0.29, 0.717) is 19.8 Å². The first-order chi connectivity index (χ1) is 25.6. The Labute approximate surface area is 318 Å². The maximum absolute atomic E-state index is 14.3. The van der Waals surface area contributed by atoms with Gasteiger partial charge in [-0.3, -0.25) is 43.4 Å². The van der Waals surface area contributed by atoms with E-state index in [2.05, 4.69) is 26.1 Å². The molecule has 0 aliphatic carbocycles. The first kappa shape index (κ1) is 39.7. The van der Waals surface area contributed by atoms with Crippen LogP contribution in [0.1, 0.15) is 37.4 Å². The van der Waals surface area contributed by atoms with Gasteiger partial charge < -0.3 is 35.4 Å². The summed E-state index contributed by atoms with van der Waals surface area (Å²) in [7, 11) is 0. The molecule has 1 unspecified atom stereocenters. The lowest BCUT2D eigenvalue weighted by Crippen LogP contribution is -2.85. The Bertz CT molecular complexity index is 1990. The Morgan fingerprint density at radius 2 is 1.78 bits per heavy atom. The van der Waals surface area contributed by atoms with Crippen molar-refractivity contribution in [3.8, 4) is 11.5 Å². The number of carboxylic acid groups (broad SMARTS) is 1. The molecular formula is C31H32N8O12S3. The van der Waals surface area contributed by atoms with Gasteiger partial charge in [-0.15, -0.1) is 22.0 Å². The van der Waals surface area contributed by atoms with Crippen molar-refractivity contribution >= 4 is 88.8 Å². The molecular weight excluding hydrogens is 773 g/mol. The number of hydrogen-bond acceptors (Lipinski definition) is 16. The van der Waals surface area contributed by atoms with Gasteiger partial charge in [0.05, 0.1) is 0 Å². The molecule has 5 rings (SSSR count). The Morgan fingerprint density at radius 1 is 1.07 bits per heavy atom. The highest BCUT2D eigenvalue weighted by Crippen LogP contribution is 2.46. The topological polar surface area (TPSA) is 264 Å². The van der Waals surface area contributed by atoms with Crippen molar-refractivity contribution in [1.29, 1.82) is 0 Å². The van der Waals surface area contributed by atoms with Crippen LogP contribution in [-0.2, 0) is 38.4 Å². The summed E-state index contributed by atoms with van der Waals surface area (Å²) in [4.78, 5) is 118. The number of carbonyl (C=O) groups excluding carboxylic acids is 8. The summed E-state index contributed by atoms with van der Waals surface area (Å²) in [6.07, 6.45) is 0.140. The molecule has 4 N–H and O–H groups in total. The van der Waals surface area contributed by atoms with Crippen LogP contribution in [0.5, 0.6) is 11.5 Å². The molecule has 2 saturated heterocycles. The number of esters is 2. The summed E-state index contributed by atoms with van der Waals surface area (Å²) < 4.78 is 10.9. The molecule has 3 aliphatic heterocycles. The summed E-state index contributed by atoms with van der Waals surface area (Å²) in [5.41, 5.74) is -2.32. The smallest absolute Gasteiger partial charge is 0.352 e. The normalized spacial score (nSPS) is 20.0. The number of thioether (sulfide) groups is 2. The van der Waals surface area contributed by atoms with E-state index in [1.165, 1.54) is 34.1 Å². The average molecular weight is 805 g/mol. The number of fused-ring (bicyclic) bond motifs is 1. The van der Waals surface area contributed by atoms with E-state index in [4.69, 9.17) is 9.47 Å². The lowest BCUT2D eigenvalue weighted by atomic mass is 9.94. The number of carbonyl (C=O) groups is 9. The third-order valence-corrected chi connectivity index (χ3v) is 11.6. The zero-order chi connectivity index (χ0) is 39.5. The molecule has 54 heavy (non-hydrogen) atoms. The van der Waals surface area contributed by atoms with Crippen LogP contribution in [0.3, 0.4) is 0 Å². The first-order valence-electron chi connectivity index (χ1n) is 15.9. The molecule has 0 radical (unpaired) electrons.